The van der Waals surface area contributed by atoms with Crippen molar-refractivity contribution in [2.45, 2.75) is 55.6 Å². The fourth-order valence-corrected chi connectivity index (χ4v) is 4.97. The second-order valence-corrected chi connectivity index (χ2v) is 9.14. The zero-order chi connectivity index (χ0) is 14.5. The predicted molar refractivity (Wildman–Crippen MR) is 89.7 cm³/mol. The molecule has 20 heavy (non-hydrogen) atoms. The lowest BCUT2D eigenvalue weighted by Crippen LogP contribution is -2.34. The second kappa shape index (κ2) is 7.83. The van der Waals surface area contributed by atoms with Crippen LogP contribution < -0.4 is 0 Å². The molecule has 2 nitrogen and oxygen atoms in total. The topological polar surface area (TPSA) is 23.5 Å². The summed E-state index contributed by atoms with van der Waals surface area (Å²) in [6, 6.07) is 4.24. The average molecular weight is 314 g/mol. The molecule has 0 aliphatic carbocycles. The van der Waals surface area contributed by atoms with E-state index in [-0.39, 0.29) is 6.10 Å². The van der Waals surface area contributed by atoms with Crippen molar-refractivity contribution >= 4 is 23.1 Å². The zero-order valence-corrected chi connectivity index (χ0v) is 14.5. The van der Waals surface area contributed by atoms with Crippen molar-refractivity contribution in [3.63, 3.8) is 0 Å². The number of aliphatic hydroxyl groups is 1. The minimum atomic E-state index is -0.291. The van der Waals surface area contributed by atoms with E-state index in [0.717, 1.165) is 23.8 Å². The Morgan fingerprint density at radius 3 is 2.70 bits per heavy atom. The van der Waals surface area contributed by atoms with Gasteiger partial charge in [0.25, 0.3) is 0 Å². The van der Waals surface area contributed by atoms with Gasteiger partial charge in [-0.05, 0) is 50.4 Å². The highest BCUT2D eigenvalue weighted by molar-refractivity contribution is 8.01. The smallest absolute Gasteiger partial charge is 0.0894 e. The van der Waals surface area contributed by atoms with Gasteiger partial charge >= 0.3 is 0 Å². The van der Waals surface area contributed by atoms with Crippen molar-refractivity contribution in [2.75, 3.05) is 19.6 Å². The molecule has 0 radical (unpaired) electrons. The third-order valence-electron chi connectivity index (χ3n) is 3.88. The predicted octanol–water partition coefficient (Wildman–Crippen LogP) is 4.40. The Labute approximate surface area is 131 Å². The maximum atomic E-state index is 10.3. The molecule has 2 rings (SSSR count). The highest BCUT2D eigenvalue weighted by Crippen LogP contribution is 2.34. The average Bonchev–Trinajstić information content (AvgIpc) is 2.85. The van der Waals surface area contributed by atoms with Gasteiger partial charge in [0.05, 0.1) is 10.3 Å². The lowest BCUT2D eigenvalue weighted by molar-refractivity contribution is 0.127. The standard InChI is InChI=1S/C16H27NOS2/c1-12(2)19-16-5-4-15(20-16)14(18)8-11-17-9-6-13(3)7-10-17/h4-5,12-14,18H,6-11H2,1-3H3. The third kappa shape index (κ3) is 5.06. The lowest BCUT2D eigenvalue weighted by atomic mass is 9.99. The molecule has 1 fully saturated rings. The van der Waals surface area contributed by atoms with Crippen LogP contribution in [-0.4, -0.2) is 34.9 Å². The van der Waals surface area contributed by atoms with E-state index < -0.39 is 0 Å². The van der Waals surface area contributed by atoms with Crippen molar-refractivity contribution in [2.24, 2.45) is 5.92 Å². The molecule has 1 aromatic rings. The van der Waals surface area contributed by atoms with Crippen LogP contribution >= 0.6 is 23.1 Å². The number of likely N-dealkylation sites (tertiary alicyclic amines) is 1. The zero-order valence-electron chi connectivity index (χ0n) is 12.8. The molecule has 0 amide bonds. The molecular weight excluding hydrogens is 286 g/mol. The fraction of sp³-hybridized carbons (Fsp3) is 0.750. The van der Waals surface area contributed by atoms with E-state index in [9.17, 15) is 5.11 Å². The molecule has 1 N–H and O–H groups in total. The molecule has 1 unspecified atom stereocenters. The summed E-state index contributed by atoms with van der Waals surface area (Å²) in [5.74, 6) is 0.879. The van der Waals surface area contributed by atoms with Crippen molar-refractivity contribution in [1.29, 1.82) is 0 Å². The molecule has 2 heterocycles. The highest BCUT2D eigenvalue weighted by atomic mass is 32.2. The molecule has 114 valence electrons. The minimum Gasteiger partial charge on any atom is -0.388 e. The van der Waals surface area contributed by atoms with Crippen LogP contribution in [0.3, 0.4) is 0 Å². The van der Waals surface area contributed by atoms with Gasteiger partial charge in [-0.3, -0.25) is 0 Å². The molecular formula is C16H27NOS2. The van der Waals surface area contributed by atoms with E-state index in [1.165, 1.54) is 30.1 Å². The monoisotopic (exact) mass is 313 g/mol. The molecule has 0 spiro atoms. The summed E-state index contributed by atoms with van der Waals surface area (Å²) >= 11 is 3.63. The quantitative estimate of drug-likeness (QED) is 0.787. The summed E-state index contributed by atoms with van der Waals surface area (Å²) in [6.45, 7) is 10.2. The van der Waals surface area contributed by atoms with Crippen molar-refractivity contribution in [3.05, 3.63) is 17.0 Å². The van der Waals surface area contributed by atoms with Crippen LogP contribution in [0.1, 0.15) is 51.0 Å². The molecule has 0 bridgehead atoms. The van der Waals surface area contributed by atoms with Crippen LogP contribution in [0.25, 0.3) is 0 Å². The van der Waals surface area contributed by atoms with E-state index in [1.54, 1.807) is 11.3 Å². The van der Waals surface area contributed by atoms with Crippen molar-refractivity contribution in [1.82, 2.24) is 4.90 Å². The van der Waals surface area contributed by atoms with E-state index >= 15 is 0 Å². The Hall–Kier alpha value is -0.0300. The van der Waals surface area contributed by atoms with E-state index in [0.29, 0.717) is 5.25 Å². The normalized spacial score (nSPS) is 19.6. The fourth-order valence-electron chi connectivity index (χ4n) is 2.54. The van der Waals surface area contributed by atoms with Gasteiger partial charge in [0.2, 0.25) is 0 Å². The molecule has 1 aromatic heterocycles. The molecule has 4 heteroatoms. The number of aliphatic hydroxyl groups excluding tert-OH is 1. The van der Waals surface area contributed by atoms with Gasteiger partial charge in [-0.2, -0.15) is 0 Å². The van der Waals surface area contributed by atoms with Crippen LogP contribution in [0.5, 0.6) is 0 Å². The first-order valence-electron chi connectivity index (χ1n) is 7.71. The molecule has 1 atom stereocenters. The summed E-state index contributed by atoms with van der Waals surface area (Å²) in [6.07, 6.45) is 3.19. The Morgan fingerprint density at radius 1 is 1.35 bits per heavy atom. The van der Waals surface area contributed by atoms with Crippen LogP contribution in [-0.2, 0) is 0 Å². The van der Waals surface area contributed by atoms with Gasteiger partial charge in [-0.15, -0.1) is 23.1 Å². The lowest BCUT2D eigenvalue weighted by Gasteiger charge is -2.30. The van der Waals surface area contributed by atoms with Gasteiger partial charge in [0.15, 0.2) is 0 Å². The van der Waals surface area contributed by atoms with Gasteiger partial charge in [0, 0.05) is 16.7 Å². The molecule has 1 aliphatic rings. The van der Waals surface area contributed by atoms with Crippen molar-refractivity contribution in [3.8, 4) is 0 Å². The molecule has 1 saturated heterocycles. The number of rotatable bonds is 6. The van der Waals surface area contributed by atoms with Gasteiger partial charge in [-0.25, -0.2) is 0 Å². The Bertz CT molecular complexity index is 397. The molecule has 0 saturated carbocycles. The summed E-state index contributed by atoms with van der Waals surface area (Å²) in [5, 5.41) is 10.9. The number of hydrogen-bond acceptors (Lipinski definition) is 4. The maximum absolute atomic E-state index is 10.3. The third-order valence-corrected chi connectivity index (χ3v) is 6.24. The summed E-state index contributed by atoms with van der Waals surface area (Å²) in [4.78, 5) is 3.62. The number of piperidine rings is 1. The Balaban J connectivity index is 1.76. The van der Waals surface area contributed by atoms with Crippen LogP contribution in [0.15, 0.2) is 16.3 Å². The Morgan fingerprint density at radius 2 is 2.05 bits per heavy atom. The SMILES string of the molecule is CC1CCN(CCC(O)c2ccc(SC(C)C)s2)CC1. The van der Waals surface area contributed by atoms with Crippen LogP contribution in [0.2, 0.25) is 0 Å². The largest absolute Gasteiger partial charge is 0.388 e. The minimum absolute atomic E-state index is 0.291. The van der Waals surface area contributed by atoms with Crippen LogP contribution in [0, 0.1) is 5.92 Å². The van der Waals surface area contributed by atoms with Crippen molar-refractivity contribution < 1.29 is 5.11 Å². The summed E-state index contributed by atoms with van der Waals surface area (Å²) in [5.41, 5.74) is 0. The van der Waals surface area contributed by atoms with Gasteiger partial charge < -0.3 is 10.0 Å². The summed E-state index contributed by atoms with van der Waals surface area (Å²) in [7, 11) is 0. The number of nitrogens with zero attached hydrogens (tertiary/aromatic N) is 1. The second-order valence-electron chi connectivity index (χ2n) is 6.15. The number of hydrogen-bond donors (Lipinski definition) is 1. The molecule has 1 aliphatic heterocycles. The molecule has 0 aromatic carbocycles. The van der Waals surface area contributed by atoms with E-state index in [4.69, 9.17) is 0 Å². The van der Waals surface area contributed by atoms with Gasteiger partial charge in [-0.1, -0.05) is 20.8 Å². The highest BCUT2D eigenvalue weighted by Gasteiger charge is 2.18. The number of thiophene rings is 1. The van der Waals surface area contributed by atoms with Gasteiger partial charge in [0.1, 0.15) is 0 Å². The van der Waals surface area contributed by atoms with E-state index in [2.05, 4.69) is 37.8 Å². The first-order valence-corrected chi connectivity index (χ1v) is 9.41. The summed E-state index contributed by atoms with van der Waals surface area (Å²) < 4.78 is 1.32. The maximum Gasteiger partial charge on any atom is 0.0894 e. The first-order chi connectivity index (χ1) is 9.54. The first kappa shape index (κ1) is 16.3. The van der Waals surface area contributed by atoms with E-state index in [1.807, 2.05) is 11.8 Å². The Kier molecular flexibility index (Phi) is 6.40. The number of thioether (sulfide) groups is 1. The van der Waals surface area contributed by atoms with Crippen LogP contribution in [0.4, 0.5) is 0 Å².